The van der Waals surface area contributed by atoms with Crippen LogP contribution in [0, 0.1) is 0 Å². The third kappa shape index (κ3) is 2.29. The first-order valence-corrected chi connectivity index (χ1v) is 6.05. The van der Waals surface area contributed by atoms with Gasteiger partial charge in [0.25, 0.3) is 0 Å². The Morgan fingerprint density at radius 3 is 2.76 bits per heavy atom. The molecule has 92 valence electrons. The highest BCUT2D eigenvalue weighted by atomic mass is 16.5. The lowest BCUT2D eigenvalue weighted by Crippen LogP contribution is -2.07. The Hall–Kier alpha value is -1.48. The van der Waals surface area contributed by atoms with E-state index in [0.717, 1.165) is 23.1 Å². The van der Waals surface area contributed by atoms with E-state index in [1.54, 1.807) is 6.07 Å². The third-order valence-electron chi connectivity index (χ3n) is 2.89. The number of aryl methyl sites for hydroxylation is 1. The number of aromatic hydroxyl groups is 1. The Balaban J connectivity index is 2.44. The maximum absolute atomic E-state index is 9.83. The van der Waals surface area contributed by atoms with Gasteiger partial charge >= 0.3 is 0 Å². The number of rotatable bonds is 4. The molecule has 0 bridgehead atoms. The lowest BCUT2D eigenvalue weighted by molar-refractivity contribution is 0.0620. The van der Waals surface area contributed by atoms with Crippen LogP contribution in [0.2, 0.25) is 0 Å². The highest BCUT2D eigenvalue weighted by Crippen LogP contribution is 2.28. The van der Waals surface area contributed by atoms with Crippen LogP contribution in [0.25, 0.3) is 10.9 Å². The second-order valence-corrected chi connectivity index (χ2v) is 4.45. The van der Waals surface area contributed by atoms with Crippen molar-refractivity contribution in [3.63, 3.8) is 0 Å². The van der Waals surface area contributed by atoms with Gasteiger partial charge in [-0.15, -0.1) is 0 Å². The molecule has 1 N–H and O–H groups in total. The van der Waals surface area contributed by atoms with Gasteiger partial charge in [0.05, 0.1) is 18.2 Å². The third-order valence-corrected chi connectivity index (χ3v) is 2.89. The number of phenolic OH excluding ortho intramolecular Hbond substituents is 1. The largest absolute Gasteiger partial charge is 0.507 e. The summed E-state index contributed by atoms with van der Waals surface area (Å²) in [5.74, 6) is 0.334. The molecule has 17 heavy (non-hydrogen) atoms. The molecule has 3 heteroatoms. The molecule has 1 aromatic carbocycles. The maximum atomic E-state index is 9.83. The molecule has 0 amide bonds. The van der Waals surface area contributed by atoms with Crippen LogP contribution in [0.3, 0.4) is 0 Å². The smallest absolute Gasteiger partial charge is 0.124 e. The highest BCUT2D eigenvalue weighted by Gasteiger charge is 2.10. The quantitative estimate of drug-likeness (QED) is 0.879. The molecule has 0 atom stereocenters. The van der Waals surface area contributed by atoms with Crippen molar-refractivity contribution in [1.29, 1.82) is 0 Å². The van der Waals surface area contributed by atoms with E-state index in [1.165, 1.54) is 0 Å². The Bertz CT molecular complexity index is 514. The molecule has 0 saturated carbocycles. The molecule has 0 aliphatic carbocycles. The monoisotopic (exact) mass is 233 g/mol. The van der Waals surface area contributed by atoms with Crippen LogP contribution in [-0.2, 0) is 17.9 Å². The minimum Gasteiger partial charge on any atom is -0.507 e. The lowest BCUT2D eigenvalue weighted by atomic mass is 10.2. The Labute approximate surface area is 102 Å². The van der Waals surface area contributed by atoms with Crippen molar-refractivity contribution in [3.8, 4) is 5.75 Å². The highest BCUT2D eigenvalue weighted by molar-refractivity contribution is 5.87. The molecule has 0 fully saturated rings. The van der Waals surface area contributed by atoms with E-state index in [0.29, 0.717) is 12.4 Å². The van der Waals surface area contributed by atoms with Gasteiger partial charge in [0, 0.05) is 17.6 Å². The van der Waals surface area contributed by atoms with Crippen molar-refractivity contribution >= 4 is 10.9 Å². The lowest BCUT2D eigenvalue weighted by Gasteiger charge is -2.10. The summed E-state index contributed by atoms with van der Waals surface area (Å²) in [5, 5.41) is 10.7. The molecule has 0 saturated heterocycles. The topological polar surface area (TPSA) is 34.4 Å². The zero-order valence-electron chi connectivity index (χ0n) is 10.6. The van der Waals surface area contributed by atoms with Crippen LogP contribution in [0.5, 0.6) is 5.75 Å². The van der Waals surface area contributed by atoms with Gasteiger partial charge in [0.15, 0.2) is 0 Å². The van der Waals surface area contributed by atoms with Gasteiger partial charge in [-0.3, -0.25) is 0 Å². The van der Waals surface area contributed by atoms with Crippen molar-refractivity contribution in [3.05, 3.63) is 30.0 Å². The summed E-state index contributed by atoms with van der Waals surface area (Å²) in [5.41, 5.74) is 2.17. The number of aromatic nitrogens is 1. The van der Waals surface area contributed by atoms with Gasteiger partial charge in [-0.2, -0.15) is 0 Å². The number of ether oxygens (including phenoxy) is 1. The predicted molar refractivity (Wildman–Crippen MR) is 69.2 cm³/mol. The van der Waals surface area contributed by atoms with E-state index in [1.807, 2.05) is 32.0 Å². The first kappa shape index (κ1) is 12.0. The fraction of sp³-hybridized carbons (Fsp3) is 0.429. The molecular formula is C14H19NO2. The Morgan fingerprint density at radius 2 is 2.12 bits per heavy atom. The summed E-state index contributed by atoms with van der Waals surface area (Å²) >= 11 is 0. The number of benzene rings is 1. The number of phenols is 1. The Morgan fingerprint density at radius 1 is 1.35 bits per heavy atom. The summed E-state index contributed by atoms with van der Waals surface area (Å²) in [6, 6.07) is 7.63. The summed E-state index contributed by atoms with van der Waals surface area (Å²) in [4.78, 5) is 0. The number of fused-ring (bicyclic) bond motifs is 1. The van der Waals surface area contributed by atoms with Gasteiger partial charge in [0.2, 0.25) is 0 Å². The first-order valence-electron chi connectivity index (χ1n) is 6.05. The van der Waals surface area contributed by atoms with Crippen LogP contribution in [0.1, 0.15) is 26.5 Å². The van der Waals surface area contributed by atoms with Crippen molar-refractivity contribution in [1.82, 2.24) is 4.57 Å². The van der Waals surface area contributed by atoms with Gasteiger partial charge in [-0.25, -0.2) is 0 Å². The van der Waals surface area contributed by atoms with Crippen molar-refractivity contribution < 1.29 is 9.84 Å². The van der Waals surface area contributed by atoms with E-state index in [-0.39, 0.29) is 6.10 Å². The standard InChI is InChI=1S/C14H19NO2/c1-4-15-11(9-17-10(2)3)8-12-13(15)6-5-7-14(12)16/h5-8,10,16H,4,9H2,1-3H3. The molecule has 1 heterocycles. The molecule has 0 aliphatic heterocycles. The minimum atomic E-state index is 0.215. The fourth-order valence-electron chi connectivity index (χ4n) is 2.07. The second-order valence-electron chi connectivity index (χ2n) is 4.45. The van der Waals surface area contributed by atoms with Crippen LogP contribution in [-0.4, -0.2) is 15.8 Å². The summed E-state index contributed by atoms with van der Waals surface area (Å²) in [6.07, 6.45) is 0.215. The molecule has 3 nitrogen and oxygen atoms in total. The van der Waals surface area contributed by atoms with Gasteiger partial charge in [-0.1, -0.05) is 6.07 Å². The number of nitrogens with zero attached hydrogens (tertiary/aromatic N) is 1. The van der Waals surface area contributed by atoms with E-state index >= 15 is 0 Å². The summed E-state index contributed by atoms with van der Waals surface area (Å²) in [6.45, 7) is 7.61. The van der Waals surface area contributed by atoms with Gasteiger partial charge in [0.1, 0.15) is 5.75 Å². The van der Waals surface area contributed by atoms with E-state index < -0.39 is 0 Å². The van der Waals surface area contributed by atoms with Crippen LogP contribution >= 0.6 is 0 Å². The second kappa shape index (κ2) is 4.80. The van der Waals surface area contributed by atoms with Crippen LogP contribution < -0.4 is 0 Å². The van der Waals surface area contributed by atoms with Crippen LogP contribution in [0.15, 0.2) is 24.3 Å². The predicted octanol–water partition coefficient (Wildman–Crippen LogP) is 3.29. The SMILES string of the molecule is CCn1c(COC(C)C)cc2c(O)cccc21. The maximum Gasteiger partial charge on any atom is 0.124 e. The van der Waals surface area contributed by atoms with Crippen molar-refractivity contribution in [2.75, 3.05) is 0 Å². The van der Waals surface area contributed by atoms with E-state index in [2.05, 4.69) is 11.5 Å². The van der Waals surface area contributed by atoms with Gasteiger partial charge < -0.3 is 14.4 Å². The minimum absolute atomic E-state index is 0.215. The molecular weight excluding hydrogens is 214 g/mol. The van der Waals surface area contributed by atoms with E-state index in [9.17, 15) is 5.11 Å². The molecule has 1 aromatic heterocycles. The van der Waals surface area contributed by atoms with Crippen molar-refractivity contribution in [2.24, 2.45) is 0 Å². The zero-order chi connectivity index (χ0) is 12.4. The molecule has 2 rings (SSSR count). The van der Waals surface area contributed by atoms with Gasteiger partial charge in [-0.05, 0) is 39.0 Å². The zero-order valence-corrected chi connectivity index (χ0v) is 10.6. The van der Waals surface area contributed by atoms with E-state index in [4.69, 9.17) is 4.74 Å². The first-order chi connectivity index (χ1) is 8.13. The molecule has 2 aromatic rings. The summed E-state index contributed by atoms with van der Waals surface area (Å²) < 4.78 is 7.82. The van der Waals surface area contributed by atoms with Crippen LogP contribution in [0.4, 0.5) is 0 Å². The molecule has 0 unspecified atom stereocenters. The summed E-state index contributed by atoms with van der Waals surface area (Å²) in [7, 11) is 0. The normalized spacial score (nSPS) is 11.5. The fourth-order valence-corrected chi connectivity index (χ4v) is 2.07. The average molecular weight is 233 g/mol. The number of hydrogen-bond donors (Lipinski definition) is 1. The molecule has 0 radical (unpaired) electrons. The average Bonchev–Trinajstić information content (AvgIpc) is 2.65. The molecule has 0 spiro atoms. The Kier molecular flexibility index (Phi) is 3.38. The van der Waals surface area contributed by atoms with Crippen molar-refractivity contribution in [2.45, 2.75) is 40.0 Å². The number of hydrogen-bond acceptors (Lipinski definition) is 2. The molecule has 0 aliphatic rings.